The van der Waals surface area contributed by atoms with E-state index >= 15 is 0 Å². The minimum atomic E-state index is -1.27. The van der Waals surface area contributed by atoms with Crippen LogP contribution >= 0.6 is 0 Å². The van der Waals surface area contributed by atoms with Crippen molar-refractivity contribution in [3.63, 3.8) is 0 Å². The molecule has 0 spiro atoms. The molecule has 1 amide bonds. The molecule has 2 aromatic rings. The van der Waals surface area contributed by atoms with E-state index in [4.69, 9.17) is 9.47 Å². The van der Waals surface area contributed by atoms with E-state index in [9.17, 15) is 18.7 Å². The van der Waals surface area contributed by atoms with Crippen LogP contribution in [0.4, 0.5) is 8.78 Å². The first-order valence-corrected chi connectivity index (χ1v) is 8.09. The molecule has 7 heteroatoms. The first kappa shape index (κ1) is 18.1. The molecule has 0 heterocycles. The molecule has 0 radical (unpaired) electrons. The van der Waals surface area contributed by atoms with Crippen molar-refractivity contribution in [2.24, 2.45) is 0 Å². The Labute approximate surface area is 149 Å². The molecule has 3 rings (SSSR count). The molecule has 2 aromatic carbocycles. The van der Waals surface area contributed by atoms with Crippen molar-refractivity contribution in [2.45, 2.75) is 18.4 Å². The van der Waals surface area contributed by atoms with Crippen molar-refractivity contribution in [1.29, 1.82) is 0 Å². The summed E-state index contributed by atoms with van der Waals surface area (Å²) in [4.78, 5) is 12.2. The van der Waals surface area contributed by atoms with Crippen molar-refractivity contribution in [3.8, 4) is 11.5 Å². The van der Waals surface area contributed by atoms with E-state index in [0.29, 0.717) is 29.9 Å². The predicted octanol–water partition coefficient (Wildman–Crippen LogP) is 2.55. The van der Waals surface area contributed by atoms with Crippen LogP contribution in [-0.2, 0) is 12.0 Å². The fourth-order valence-corrected chi connectivity index (χ4v) is 3.19. The van der Waals surface area contributed by atoms with Gasteiger partial charge in [-0.15, -0.1) is 0 Å². The van der Waals surface area contributed by atoms with Crippen molar-refractivity contribution < 1.29 is 28.2 Å². The molecule has 0 aromatic heterocycles. The molecule has 0 saturated heterocycles. The van der Waals surface area contributed by atoms with Crippen LogP contribution in [0.3, 0.4) is 0 Å². The zero-order valence-corrected chi connectivity index (χ0v) is 14.4. The molecule has 0 saturated carbocycles. The van der Waals surface area contributed by atoms with E-state index in [-0.39, 0.29) is 12.1 Å². The maximum absolute atomic E-state index is 13.3. The molecule has 0 aliphatic heterocycles. The van der Waals surface area contributed by atoms with Crippen molar-refractivity contribution in [1.82, 2.24) is 5.32 Å². The van der Waals surface area contributed by atoms with Crippen molar-refractivity contribution >= 4 is 5.91 Å². The number of amides is 1. The molecule has 138 valence electrons. The summed E-state index contributed by atoms with van der Waals surface area (Å²) < 4.78 is 36.8. The van der Waals surface area contributed by atoms with Gasteiger partial charge in [0.15, 0.2) is 23.1 Å². The summed E-state index contributed by atoms with van der Waals surface area (Å²) in [7, 11) is 3.04. The van der Waals surface area contributed by atoms with Gasteiger partial charge in [-0.3, -0.25) is 4.79 Å². The molecule has 1 aliphatic rings. The van der Waals surface area contributed by atoms with E-state index in [1.54, 1.807) is 6.07 Å². The van der Waals surface area contributed by atoms with Gasteiger partial charge in [0.25, 0.3) is 5.91 Å². The van der Waals surface area contributed by atoms with Crippen molar-refractivity contribution in [2.75, 3.05) is 20.8 Å². The van der Waals surface area contributed by atoms with Gasteiger partial charge in [0.05, 0.1) is 20.8 Å². The number of methoxy groups -OCH3 is 2. The van der Waals surface area contributed by atoms with E-state index < -0.39 is 23.1 Å². The Hall–Kier alpha value is -2.67. The molecule has 5 nitrogen and oxygen atoms in total. The second-order valence-corrected chi connectivity index (χ2v) is 6.21. The van der Waals surface area contributed by atoms with Crippen molar-refractivity contribution in [3.05, 3.63) is 58.7 Å². The molecule has 1 atom stereocenters. The summed E-state index contributed by atoms with van der Waals surface area (Å²) in [6.45, 7) is -0.0622. The van der Waals surface area contributed by atoms with E-state index in [1.807, 2.05) is 6.07 Å². The molecular weight excluding hydrogens is 344 g/mol. The van der Waals surface area contributed by atoms with Crippen LogP contribution in [0.5, 0.6) is 11.5 Å². The maximum atomic E-state index is 13.3. The average molecular weight is 363 g/mol. The quantitative estimate of drug-likeness (QED) is 0.857. The van der Waals surface area contributed by atoms with Crippen LogP contribution in [0.2, 0.25) is 0 Å². The number of nitrogens with one attached hydrogen (secondary N) is 1. The van der Waals surface area contributed by atoms with E-state index in [0.717, 1.165) is 17.7 Å². The number of rotatable bonds is 5. The normalized spacial score (nSPS) is 18.3. The lowest BCUT2D eigenvalue weighted by Gasteiger charge is -2.25. The Morgan fingerprint density at radius 3 is 2.50 bits per heavy atom. The van der Waals surface area contributed by atoms with Gasteiger partial charge < -0.3 is 19.9 Å². The number of carbonyl (C=O) groups excluding carboxylic acids is 1. The summed E-state index contributed by atoms with van der Waals surface area (Å²) in [6.07, 6.45) is 1.03. The van der Waals surface area contributed by atoms with Gasteiger partial charge in [0.2, 0.25) is 0 Å². The van der Waals surface area contributed by atoms with Crippen LogP contribution in [0.25, 0.3) is 0 Å². The first-order chi connectivity index (χ1) is 12.4. The lowest BCUT2D eigenvalue weighted by atomic mass is 9.95. The topological polar surface area (TPSA) is 67.8 Å². The molecule has 26 heavy (non-hydrogen) atoms. The fraction of sp³-hybridized carbons (Fsp3) is 0.316. The smallest absolute Gasteiger partial charge is 0.251 e. The maximum Gasteiger partial charge on any atom is 0.251 e. The molecule has 0 bridgehead atoms. The van der Waals surface area contributed by atoms with Gasteiger partial charge in [-0.1, -0.05) is 0 Å². The highest BCUT2D eigenvalue weighted by Gasteiger charge is 2.38. The predicted molar refractivity (Wildman–Crippen MR) is 90.5 cm³/mol. The summed E-state index contributed by atoms with van der Waals surface area (Å²) in [5.41, 5.74) is 0.273. The summed E-state index contributed by atoms with van der Waals surface area (Å²) in [5.74, 6) is -1.66. The SMILES string of the molecule is COc1cc2c(cc1OC)C(O)(CNC(=O)c1ccc(F)c(F)c1)CC2. The number of aliphatic hydroxyl groups is 1. The molecular formula is C19H19F2NO4. The monoisotopic (exact) mass is 363 g/mol. The highest BCUT2D eigenvalue weighted by atomic mass is 19.2. The van der Waals surface area contributed by atoms with Gasteiger partial charge in [-0.05, 0) is 54.3 Å². The summed E-state index contributed by atoms with van der Waals surface area (Å²) >= 11 is 0. The molecule has 1 unspecified atom stereocenters. The zero-order valence-electron chi connectivity index (χ0n) is 14.4. The highest BCUT2D eigenvalue weighted by molar-refractivity contribution is 5.94. The molecule has 0 fully saturated rings. The Morgan fingerprint density at radius 1 is 1.15 bits per heavy atom. The third kappa shape index (κ3) is 3.22. The lowest BCUT2D eigenvalue weighted by molar-refractivity contribution is 0.0368. The molecule has 2 N–H and O–H groups in total. The number of benzene rings is 2. The van der Waals surface area contributed by atoms with Gasteiger partial charge in [-0.2, -0.15) is 0 Å². The number of aryl methyl sites for hydroxylation is 1. The number of ether oxygens (including phenoxy) is 2. The Kier molecular flexibility index (Phi) is 4.82. The summed E-state index contributed by atoms with van der Waals surface area (Å²) in [6, 6.07) is 6.41. The number of halogens is 2. The van der Waals surface area contributed by atoms with Gasteiger partial charge in [0, 0.05) is 5.56 Å². The number of fused-ring (bicyclic) bond motifs is 1. The second-order valence-electron chi connectivity index (χ2n) is 6.21. The zero-order chi connectivity index (χ0) is 18.9. The van der Waals surface area contributed by atoms with E-state index in [1.165, 1.54) is 20.3 Å². The van der Waals surface area contributed by atoms with Gasteiger partial charge in [0.1, 0.15) is 5.60 Å². The standard InChI is InChI=1S/C19H19F2NO4/c1-25-16-8-11-5-6-19(24,13(11)9-17(16)26-2)10-22-18(23)12-3-4-14(20)15(21)7-12/h3-4,7-9,24H,5-6,10H2,1-2H3,(H,22,23). The van der Waals surface area contributed by atoms with Crippen LogP contribution in [0.1, 0.15) is 27.9 Å². The number of hydrogen-bond donors (Lipinski definition) is 2. The Morgan fingerprint density at radius 2 is 1.85 bits per heavy atom. The van der Waals surface area contributed by atoms with Crippen LogP contribution in [0.15, 0.2) is 30.3 Å². The van der Waals surface area contributed by atoms with Crippen LogP contribution < -0.4 is 14.8 Å². The van der Waals surface area contributed by atoms with E-state index in [2.05, 4.69) is 5.32 Å². The van der Waals surface area contributed by atoms with Crippen LogP contribution in [-0.4, -0.2) is 31.8 Å². The minimum Gasteiger partial charge on any atom is -0.493 e. The average Bonchev–Trinajstić information content (AvgIpc) is 2.97. The number of hydrogen-bond acceptors (Lipinski definition) is 4. The van der Waals surface area contributed by atoms with Gasteiger partial charge in [-0.25, -0.2) is 8.78 Å². The first-order valence-electron chi connectivity index (χ1n) is 8.09. The third-order valence-corrected chi connectivity index (χ3v) is 4.64. The second kappa shape index (κ2) is 6.92. The Balaban J connectivity index is 1.79. The van der Waals surface area contributed by atoms with Gasteiger partial charge >= 0.3 is 0 Å². The van der Waals surface area contributed by atoms with Crippen LogP contribution in [0, 0.1) is 11.6 Å². The Bertz CT molecular complexity index is 856. The highest BCUT2D eigenvalue weighted by Crippen LogP contribution is 2.42. The largest absolute Gasteiger partial charge is 0.493 e. The molecule has 1 aliphatic carbocycles. The number of carbonyl (C=O) groups is 1. The minimum absolute atomic E-state index is 0.0157. The third-order valence-electron chi connectivity index (χ3n) is 4.64. The fourth-order valence-electron chi connectivity index (χ4n) is 3.19. The summed E-state index contributed by atoms with van der Waals surface area (Å²) in [5, 5.41) is 13.6. The lowest BCUT2D eigenvalue weighted by Crippen LogP contribution is -2.39.